The molecule has 0 radical (unpaired) electrons. The van der Waals surface area contributed by atoms with Crippen LogP contribution < -0.4 is 10.6 Å². The fourth-order valence-corrected chi connectivity index (χ4v) is 2.32. The Morgan fingerprint density at radius 1 is 1.12 bits per heavy atom. The number of aromatic nitrogens is 1. The highest BCUT2D eigenvalue weighted by Crippen LogP contribution is 2.15. The third kappa shape index (κ3) is 7.23. The van der Waals surface area contributed by atoms with E-state index in [0.29, 0.717) is 11.7 Å². The van der Waals surface area contributed by atoms with Crippen LogP contribution >= 0.6 is 47.2 Å². The number of nitrogens with zero attached hydrogens (tertiary/aromatic N) is 2. The summed E-state index contributed by atoms with van der Waals surface area (Å²) in [6.07, 6.45) is 2.64. The van der Waals surface area contributed by atoms with Gasteiger partial charge in [0.15, 0.2) is 5.96 Å². The summed E-state index contributed by atoms with van der Waals surface area (Å²) in [5.41, 5.74) is 2.14. The van der Waals surface area contributed by atoms with Gasteiger partial charge in [0.25, 0.3) is 0 Å². The summed E-state index contributed by atoms with van der Waals surface area (Å²) in [7, 11) is 0. The molecule has 1 heterocycles. The van der Waals surface area contributed by atoms with Crippen LogP contribution in [0.15, 0.2) is 47.6 Å². The Morgan fingerprint density at radius 2 is 1.92 bits per heavy atom. The first-order valence-corrected chi connectivity index (χ1v) is 8.30. The fourth-order valence-electron chi connectivity index (χ4n) is 2.01. The summed E-state index contributed by atoms with van der Waals surface area (Å²) >= 11 is 11.9. The number of hydrogen-bond acceptors (Lipinski definition) is 2. The van der Waals surface area contributed by atoms with Crippen molar-refractivity contribution in [3.05, 3.63) is 63.9 Å². The quantitative estimate of drug-likeness (QED) is 0.281. The molecule has 2 N–H and O–H groups in total. The first kappa shape index (κ1) is 21.0. The lowest BCUT2D eigenvalue weighted by atomic mass is 10.2. The van der Waals surface area contributed by atoms with Crippen molar-refractivity contribution < 1.29 is 0 Å². The molecular weight excluding hydrogens is 458 g/mol. The van der Waals surface area contributed by atoms with Crippen molar-refractivity contribution in [3.8, 4) is 0 Å². The molecule has 0 unspecified atom stereocenters. The lowest BCUT2D eigenvalue weighted by Crippen LogP contribution is -2.38. The average molecular weight is 479 g/mol. The van der Waals surface area contributed by atoms with Gasteiger partial charge in [-0.15, -0.1) is 24.0 Å². The molecule has 0 aliphatic carbocycles. The van der Waals surface area contributed by atoms with Crippen LogP contribution in [0.25, 0.3) is 0 Å². The monoisotopic (exact) mass is 478 g/mol. The van der Waals surface area contributed by atoms with Crippen LogP contribution in [0.3, 0.4) is 0 Å². The first-order valence-electron chi connectivity index (χ1n) is 7.55. The maximum absolute atomic E-state index is 6.15. The summed E-state index contributed by atoms with van der Waals surface area (Å²) < 4.78 is 0. The van der Waals surface area contributed by atoms with E-state index in [9.17, 15) is 0 Å². The van der Waals surface area contributed by atoms with Gasteiger partial charge in [-0.25, -0.2) is 9.98 Å². The molecular formula is C17H21Cl2IN4. The van der Waals surface area contributed by atoms with Gasteiger partial charge in [-0.2, -0.15) is 0 Å². The molecule has 2 rings (SSSR count). The summed E-state index contributed by atoms with van der Waals surface area (Å²) in [4.78, 5) is 8.64. The van der Waals surface area contributed by atoms with Gasteiger partial charge in [0.2, 0.25) is 0 Å². The third-order valence-electron chi connectivity index (χ3n) is 3.20. The maximum atomic E-state index is 6.15. The largest absolute Gasteiger partial charge is 0.357 e. The van der Waals surface area contributed by atoms with E-state index in [2.05, 4.69) is 20.6 Å². The number of aliphatic imine (C=N–C) groups is 1. The zero-order valence-electron chi connectivity index (χ0n) is 13.4. The van der Waals surface area contributed by atoms with Crippen LogP contribution in [-0.2, 0) is 13.0 Å². The number of benzene rings is 1. The lowest BCUT2D eigenvalue weighted by molar-refractivity contribution is 0.798. The summed E-state index contributed by atoms with van der Waals surface area (Å²) in [6, 6.07) is 11.5. The standard InChI is InChI=1S/C17H20Cl2N4.HI/c1-2-20-17(23-12-14-5-3-4-6-15(14)18)21-10-9-13-7-8-16(19)22-11-13;/h3-8,11H,2,9-10,12H2,1H3,(H2,20,21,23);1H. The molecule has 130 valence electrons. The van der Waals surface area contributed by atoms with Crippen LogP contribution in [0.4, 0.5) is 0 Å². The van der Waals surface area contributed by atoms with Gasteiger partial charge in [0.1, 0.15) is 5.15 Å². The topological polar surface area (TPSA) is 49.3 Å². The smallest absolute Gasteiger partial charge is 0.191 e. The van der Waals surface area contributed by atoms with Crippen molar-refractivity contribution in [1.29, 1.82) is 0 Å². The zero-order chi connectivity index (χ0) is 16.5. The molecule has 24 heavy (non-hydrogen) atoms. The number of nitrogens with one attached hydrogen (secondary N) is 2. The summed E-state index contributed by atoms with van der Waals surface area (Å²) in [5, 5.41) is 7.78. The molecule has 1 aromatic carbocycles. The highest BCUT2D eigenvalue weighted by Gasteiger charge is 2.01. The van der Waals surface area contributed by atoms with E-state index in [0.717, 1.165) is 41.6 Å². The molecule has 7 heteroatoms. The molecule has 4 nitrogen and oxygen atoms in total. The molecule has 0 atom stereocenters. The second-order valence-corrected chi connectivity index (χ2v) is 5.75. The number of pyridine rings is 1. The minimum absolute atomic E-state index is 0. The normalized spacial score (nSPS) is 10.9. The molecule has 0 saturated heterocycles. The number of halogens is 3. The second kappa shape index (κ2) is 11.5. The lowest BCUT2D eigenvalue weighted by Gasteiger charge is -2.11. The van der Waals surface area contributed by atoms with Gasteiger partial charge >= 0.3 is 0 Å². The number of rotatable bonds is 6. The molecule has 0 fully saturated rings. The number of hydrogen-bond donors (Lipinski definition) is 2. The highest BCUT2D eigenvalue weighted by atomic mass is 127. The van der Waals surface area contributed by atoms with Crippen LogP contribution in [0.5, 0.6) is 0 Å². The summed E-state index contributed by atoms with van der Waals surface area (Å²) in [5.74, 6) is 0.773. The van der Waals surface area contributed by atoms with E-state index in [-0.39, 0.29) is 24.0 Å². The Morgan fingerprint density at radius 3 is 2.58 bits per heavy atom. The van der Waals surface area contributed by atoms with Crippen LogP contribution in [-0.4, -0.2) is 24.0 Å². The Hall–Kier alpha value is -1.05. The Bertz CT molecular complexity index is 647. The molecule has 0 spiro atoms. The molecule has 0 aliphatic heterocycles. The predicted molar refractivity (Wildman–Crippen MR) is 113 cm³/mol. The molecule has 2 aromatic rings. The van der Waals surface area contributed by atoms with E-state index >= 15 is 0 Å². The van der Waals surface area contributed by atoms with E-state index in [1.807, 2.05) is 37.3 Å². The van der Waals surface area contributed by atoms with Crippen LogP contribution in [0.1, 0.15) is 18.1 Å². The van der Waals surface area contributed by atoms with E-state index in [1.54, 1.807) is 12.3 Å². The number of guanidine groups is 1. The van der Waals surface area contributed by atoms with Crippen molar-refractivity contribution >= 4 is 53.1 Å². The van der Waals surface area contributed by atoms with Gasteiger partial charge < -0.3 is 10.6 Å². The molecule has 1 aromatic heterocycles. The first-order chi connectivity index (χ1) is 11.2. The predicted octanol–water partition coefficient (Wildman–Crippen LogP) is 4.30. The van der Waals surface area contributed by atoms with E-state index < -0.39 is 0 Å². The minimum Gasteiger partial charge on any atom is -0.357 e. The van der Waals surface area contributed by atoms with Gasteiger partial charge in [0, 0.05) is 24.3 Å². The SMILES string of the molecule is CCNC(=NCc1ccccc1Cl)NCCc1ccc(Cl)nc1.I. The molecule has 0 saturated carbocycles. The van der Waals surface area contributed by atoms with E-state index in [1.165, 1.54) is 0 Å². The minimum atomic E-state index is 0. The van der Waals surface area contributed by atoms with Crippen LogP contribution in [0, 0.1) is 0 Å². The van der Waals surface area contributed by atoms with Gasteiger partial charge in [-0.1, -0.05) is 47.5 Å². The fraction of sp³-hybridized carbons (Fsp3) is 0.294. The maximum Gasteiger partial charge on any atom is 0.191 e. The Balaban J connectivity index is 0.00000288. The zero-order valence-corrected chi connectivity index (χ0v) is 17.3. The second-order valence-electron chi connectivity index (χ2n) is 4.95. The molecule has 0 amide bonds. The van der Waals surface area contributed by atoms with E-state index in [4.69, 9.17) is 23.2 Å². The van der Waals surface area contributed by atoms with Crippen molar-refractivity contribution in [2.24, 2.45) is 4.99 Å². The van der Waals surface area contributed by atoms with Gasteiger partial charge in [-0.05, 0) is 36.6 Å². The van der Waals surface area contributed by atoms with Crippen molar-refractivity contribution in [3.63, 3.8) is 0 Å². The van der Waals surface area contributed by atoms with Crippen LogP contribution in [0.2, 0.25) is 10.2 Å². The average Bonchev–Trinajstić information content (AvgIpc) is 2.56. The van der Waals surface area contributed by atoms with Gasteiger partial charge in [0.05, 0.1) is 6.54 Å². The van der Waals surface area contributed by atoms with Gasteiger partial charge in [-0.3, -0.25) is 0 Å². The molecule has 0 aliphatic rings. The third-order valence-corrected chi connectivity index (χ3v) is 3.80. The van der Waals surface area contributed by atoms with Crippen molar-refractivity contribution in [2.75, 3.05) is 13.1 Å². The highest BCUT2D eigenvalue weighted by molar-refractivity contribution is 14.0. The van der Waals surface area contributed by atoms with Crippen molar-refractivity contribution in [1.82, 2.24) is 15.6 Å². The molecule has 0 bridgehead atoms. The Kier molecular flexibility index (Phi) is 10.1. The summed E-state index contributed by atoms with van der Waals surface area (Å²) in [6.45, 7) is 4.14. The Labute approximate surface area is 170 Å². The van der Waals surface area contributed by atoms with Crippen molar-refractivity contribution in [2.45, 2.75) is 19.9 Å².